The number of carbonyl (C=O) groups excluding carboxylic acids is 3. The van der Waals surface area contributed by atoms with Crippen LogP contribution >= 0.6 is 11.9 Å². The van der Waals surface area contributed by atoms with Crippen molar-refractivity contribution >= 4 is 29.6 Å². The van der Waals surface area contributed by atoms with Crippen molar-refractivity contribution in [3.05, 3.63) is 6.92 Å². The van der Waals surface area contributed by atoms with Crippen molar-refractivity contribution in [1.82, 2.24) is 5.32 Å². The van der Waals surface area contributed by atoms with Gasteiger partial charge in [-0.15, -0.1) is 0 Å². The molecular formula is C34H68ClN3O4. The lowest BCUT2D eigenvalue weighted by Crippen LogP contribution is -2.58. The maximum atomic E-state index is 12.5. The standard InChI is InChI=1S/C22H42ClN3O4.C12H25/c1-5-6-7-8-9-10-11-12-13-14-16-22(21(29)30-23,17-15-19(24)27)25-20(28)18-26(2,3)4;1-3-5-7-9-11-12-10-8-6-4-2/h5-18H2,1-4H3,(H2-,24,25,27,28);1,3-12H2,2H3/q;-1/p+1/t22-;/m1./s1. The van der Waals surface area contributed by atoms with Gasteiger partial charge in [-0.1, -0.05) is 136 Å². The van der Waals surface area contributed by atoms with Gasteiger partial charge in [0, 0.05) is 6.42 Å². The molecule has 0 unspecified atom stereocenters. The van der Waals surface area contributed by atoms with Gasteiger partial charge >= 0.3 is 5.97 Å². The molecule has 42 heavy (non-hydrogen) atoms. The van der Waals surface area contributed by atoms with E-state index in [9.17, 15) is 14.4 Å². The van der Waals surface area contributed by atoms with Crippen LogP contribution in [0.5, 0.6) is 0 Å². The molecule has 0 aliphatic carbocycles. The monoisotopic (exact) mass is 617 g/mol. The van der Waals surface area contributed by atoms with Crippen LogP contribution in [0.25, 0.3) is 0 Å². The van der Waals surface area contributed by atoms with E-state index < -0.39 is 17.4 Å². The van der Waals surface area contributed by atoms with Gasteiger partial charge in [0.15, 0.2) is 6.54 Å². The summed E-state index contributed by atoms with van der Waals surface area (Å²) in [5, 5.41) is 2.80. The topological polar surface area (TPSA) is 98.5 Å². The predicted molar refractivity (Wildman–Crippen MR) is 178 cm³/mol. The molecule has 0 saturated carbocycles. The van der Waals surface area contributed by atoms with Crippen LogP contribution in [0.3, 0.4) is 0 Å². The van der Waals surface area contributed by atoms with E-state index >= 15 is 0 Å². The number of hydrogen-bond donors (Lipinski definition) is 2. The van der Waals surface area contributed by atoms with Gasteiger partial charge in [-0.2, -0.15) is 6.42 Å². The largest absolute Gasteiger partial charge is 0.370 e. The van der Waals surface area contributed by atoms with Gasteiger partial charge in [-0.3, -0.25) is 9.59 Å². The molecule has 0 aromatic rings. The van der Waals surface area contributed by atoms with Crippen molar-refractivity contribution in [2.75, 3.05) is 27.7 Å². The molecule has 0 radical (unpaired) electrons. The minimum atomic E-state index is -1.33. The number of nitrogens with two attached hydrogens (primary N) is 1. The third kappa shape index (κ3) is 27.5. The fourth-order valence-electron chi connectivity index (χ4n) is 5.05. The third-order valence-electron chi connectivity index (χ3n) is 7.57. The highest BCUT2D eigenvalue weighted by Gasteiger charge is 2.42. The summed E-state index contributed by atoms with van der Waals surface area (Å²) in [6.45, 7) is 8.52. The molecule has 8 heteroatoms. The number of carbonyl (C=O) groups is 3. The second kappa shape index (κ2) is 28.4. The van der Waals surface area contributed by atoms with Gasteiger partial charge in [-0.25, -0.2) is 4.79 Å². The molecule has 0 aliphatic rings. The van der Waals surface area contributed by atoms with E-state index in [-0.39, 0.29) is 25.3 Å². The quantitative estimate of drug-likeness (QED) is 0.0548. The number of primary amides is 1. The van der Waals surface area contributed by atoms with E-state index in [4.69, 9.17) is 17.6 Å². The lowest BCUT2D eigenvalue weighted by atomic mass is 9.86. The summed E-state index contributed by atoms with van der Waals surface area (Å²) < 4.78 is 4.89. The summed E-state index contributed by atoms with van der Waals surface area (Å²) in [7, 11) is 5.65. The Morgan fingerprint density at radius 1 is 0.714 bits per heavy atom. The summed E-state index contributed by atoms with van der Waals surface area (Å²) in [5.41, 5.74) is 3.96. The molecule has 0 bridgehead atoms. The summed E-state index contributed by atoms with van der Waals surface area (Å²) in [6.07, 6.45) is 25.9. The van der Waals surface area contributed by atoms with Gasteiger partial charge in [0.1, 0.15) is 17.4 Å². The zero-order valence-electron chi connectivity index (χ0n) is 28.2. The van der Waals surface area contributed by atoms with Crippen LogP contribution in [0.15, 0.2) is 0 Å². The number of nitrogens with one attached hydrogen (secondary N) is 1. The number of quaternary nitrogens is 1. The van der Waals surface area contributed by atoms with Gasteiger partial charge in [-0.05, 0) is 12.8 Å². The Morgan fingerprint density at radius 2 is 1.12 bits per heavy atom. The van der Waals surface area contributed by atoms with Crippen LogP contribution in [-0.4, -0.2) is 55.5 Å². The molecule has 7 nitrogen and oxygen atoms in total. The van der Waals surface area contributed by atoms with Crippen molar-refractivity contribution in [1.29, 1.82) is 0 Å². The van der Waals surface area contributed by atoms with Crippen LogP contribution in [0, 0.1) is 6.92 Å². The Morgan fingerprint density at radius 3 is 1.48 bits per heavy atom. The Kier molecular flexibility index (Phi) is 29.0. The van der Waals surface area contributed by atoms with Crippen molar-refractivity contribution in [3.63, 3.8) is 0 Å². The number of halogens is 1. The molecule has 0 saturated heterocycles. The molecule has 0 heterocycles. The highest BCUT2D eigenvalue weighted by molar-refractivity contribution is 6.14. The number of unbranched alkanes of at least 4 members (excludes halogenated alkanes) is 18. The highest BCUT2D eigenvalue weighted by Crippen LogP contribution is 2.25. The summed E-state index contributed by atoms with van der Waals surface area (Å²) in [5.74, 6) is -1.57. The van der Waals surface area contributed by atoms with Gasteiger partial charge < -0.3 is 26.7 Å². The van der Waals surface area contributed by atoms with Crippen molar-refractivity contribution in [2.45, 2.75) is 167 Å². The lowest BCUT2D eigenvalue weighted by molar-refractivity contribution is -0.862. The molecule has 0 aromatic carbocycles. The van der Waals surface area contributed by atoms with Crippen molar-refractivity contribution in [3.8, 4) is 0 Å². The first kappa shape index (κ1) is 42.8. The minimum Gasteiger partial charge on any atom is -0.370 e. The fraction of sp³-hybridized carbons (Fsp3) is 0.882. The van der Waals surface area contributed by atoms with E-state index in [1.807, 2.05) is 21.1 Å². The lowest BCUT2D eigenvalue weighted by Gasteiger charge is -2.32. The molecule has 250 valence electrons. The zero-order chi connectivity index (χ0) is 32.1. The maximum absolute atomic E-state index is 12.5. The van der Waals surface area contributed by atoms with E-state index in [2.05, 4.69) is 30.4 Å². The van der Waals surface area contributed by atoms with Crippen molar-refractivity contribution in [2.24, 2.45) is 5.73 Å². The van der Waals surface area contributed by atoms with Crippen LogP contribution in [-0.2, 0) is 18.7 Å². The molecule has 0 spiro atoms. The molecule has 0 aliphatic heterocycles. The Labute approximate surface area is 265 Å². The summed E-state index contributed by atoms with van der Waals surface area (Å²) in [6, 6.07) is 0. The van der Waals surface area contributed by atoms with E-state index in [1.54, 1.807) is 0 Å². The van der Waals surface area contributed by atoms with Crippen LogP contribution in [0.4, 0.5) is 0 Å². The first-order valence-electron chi connectivity index (χ1n) is 17.0. The molecular weight excluding hydrogens is 550 g/mol. The van der Waals surface area contributed by atoms with Gasteiger partial charge in [0.05, 0.1) is 21.1 Å². The van der Waals surface area contributed by atoms with Gasteiger partial charge in [0.2, 0.25) is 5.91 Å². The van der Waals surface area contributed by atoms with E-state index in [0.717, 1.165) is 32.1 Å². The molecule has 0 aromatic heterocycles. The third-order valence-corrected chi connectivity index (χ3v) is 7.71. The highest BCUT2D eigenvalue weighted by atomic mass is 35.5. The number of likely N-dealkylation sites (N-methyl/N-ethyl adjacent to an activating group) is 1. The molecule has 2 amide bonds. The smallest absolute Gasteiger partial charge is 0.350 e. The Bertz CT molecular complexity index is 660. The van der Waals surface area contributed by atoms with Crippen molar-refractivity contribution < 1.29 is 23.2 Å². The van der Waals surface area contributed by atoms with Crippen LogP contribution in [0.2, 0.25) is 0 Å². The average molecular weight is 618 g/mol. The normalized spacial score (nSPS) is 12.6. The van der Waals surface area contributed by atoms with Crippen LogP contribution < -0.4 is 11.1 Å². The molecule has 3 N–H and O–H groups in total. The summed E-state index contributed by atoms with van der Waals surface area (Å²) in [4.78, 5) is 36.4. The van der Waals surface area contributed by atoms with Crippen LogP contribution in [0.1, 0.15) is 162 Å². The SMILES string of the molecule is CCCCCCCCCCCC[C@](CCC(N)=O)(NC(=O)C[N+](C)(C)C)C(=O)OCl.[CH2-]CCCCCCCCCCC. The second-order valence-corrected chi connectivity index (χ2v) is 13.2. The van der Waals surface area contributed by atoms with E-state index in [1.165, 1.54) is 96.3 Å². The molecule has 1 atom stereocenters. The Balaban J connectivity index is 0. The van der Waals surface area contributed by atoms with Gasteiger partial charge in [0.25, 0.3) is 5.91 Å². The Hall–Kier alpha value is -1.34. The predicted octanol–water partition coefficient (Wildman–Crippen LogP) is 8.56. The first-order chi connectivity index (χ1) is 20.0. The number of nitrogens with zero attached hydrogens (tertiary/aromatic N) is 1. The zero-order valence-corrected chi connectivity index (χ0v) is 29.0. The first-order valence-corrected chi connectivity index (χ1v) is 17.3. The van der Waals surface area contributed by atoms with E-state index in [0.29, 0.717) is 10.9 Å². The molecule has 0 fully saturated rings. The minimum absolute atomic E-state index is 0.0333. The number of rotatable bonds is 27. The number of amides is 2. The average Bonchev–Trinajstić information content (AvgIpc) is 2.93. The number of hydrogen-bond acceptors (Lipinski definition) is 4. The second-order valence-electron chi connectivity index (χ2n) is 13.0. The maximum Gasteiger partial charge on any atom is 0.350 e. The fourth-order valence-corrected chi connectivity index (χ4v) is 5.20. The molecule has 0 rings (SSSR count). The summed E-state index contributed by atoms with van der Waals surface area (Å²) >= 11 is 5.38.